The van der Waals surface area contributed by atoms with E-state index in [1.54, 1.807) is 0 Å². The van der Waals surface area contributed by atoms with Gasteiger partial charge in [-0.2, -0.15) is 0 Å². The minimum absolute atomic E-state index is 0.0661. The number of aromatic nitrogens is 4. The van der Waals surface area contributed by atoms with Gasteiger partial charge in [0.1, 0.15) is 0 Å². The van der Waals surface area contributed by atoms with Crippen molar-refractivity contribution in [2.24, 2.45) is 0 Å². The third-order valence-corrected chi connectivity index (χ3v) is 17.9. The Morgan fingerprint density at radius 2 is 0.558 bits per heavy atom. The maximum absolute atomic E-state index is 4.52. The number of fused-ring (bicyclic) bond motifs is 7. The van der Waals surface area contributed by atoms with Crippen molar-refractivity contribution in [2.45, 2.75) is 0 Å². The van der Waals surface area contributed by atoms with Crippen molar-refractivity contribution in [1.82, 2.24) is 19.9 Å². The Labute approximate surface area is 451 Å². The van der Waals surface area contributed by atoms with Crippen molar-refractivity contribution in [3.8, 4) is 89.0 Å². The van der Waals surface area contributed by atoms with Crippen LogP contribution in [0, 0.1) is 0 Å². The predicted molar refractivity (Wildman–Crippen MR) is 323 cm³/mol. The Balaban J connectivity index is 0.922. The van der Waals surface area contributed by atoms with E-state index in [9.17, 15) is 0 Å². The summed E-state index contributed by atoms with van der Waals surface area (Å²) in [6.45, 7) is 0. The van der Waals surface area contributed by atoms with Gasteiger partial charge in [0.15, 0.2) is 0 Å². The molecule has 358 valence electrons. The summed E-state index contributed by atoms with van der Waals surface area (Å²) in [7, 11) is 0. The third kappa shape index (κ3) is 7.67. The second-order valence-electron chi connectivity index (χ2n) is 19.7. The molecule has 0 unspecified atom stereocenters. The largest absolute Gasteiger partial charge is 0.0513 e. The van der Waals surface area contributed by atoms with Crippen LogP contribution in [0.3, 0.4) is 0 Å². The molecule has 15 rings (SSSR count). The van der Waals surface area contributed by atoms with E-state index in [4.69, 9.17) is 0 Å². The van der Waals surface area contributed by atoms with Gasteiger partial charge >= 0.3 is 382 Å². The summed E-state index contributed by atoms with van der Waals surface area (Å²) < 4.78 is 2.83. The summed E-state index contributed by atoms with van der Waals surface area (Å²) in [6, 6.07) is 80.8. The molecular weight excluding hydrogens is 1000 g/mol. The number of pyridine rings is 4. The van der Waals surface area contributed by atoms with Gasteiger partial charge < -0.3 is 0 Å². The fourth-order valence-corrected chi connectivity index (χ4v) is 14.5. The van der Waals surface area contributed by atoms with Gasteiger partial charge in [0.05, 0.1) is 0 Å². The van der Waals surface area contributed by atoms with Crippen molar-refractivity contribution in [3.63, 3.8) is 0 Å². The summed E-state index contributed by atoms with van der Waals surface area (Å²) in [5.41, 5.74) is 18.6. The first-order valence-corrected chi connectivity index (χ1v) is 27.7. The number of nitrogens with zero attached hydrogens (tertiary/aromatic N) is 4. The van der Waals surface area contributed by atoms with Crippen LogP contribution in [0.5, 0.6) is 0 Å². The third-order valence-electron chi connectivity index (χ3n) is 15.3. The molecule has 10 aromatic carbocycles. The number of benzene rings is 10. The smallest absolute Gasteiger partial charge is 0.0513 e. The van der Waals surface area contributed by atoms with Gasteiger partial charge in [-0.3, -0.25) is 9.97 Å². The van der Waals surface area contributed by atoms with E-state index in [0.29, 0.717) is 0 Å². The zero-order valence-electron chi connectivity index (χ0n) is 41.6. The zero-order valence-corrected chi connectivity index (χ0v) is 43.3. The normalized spacial score (nSPS) is 11.6. The molecule has 15 aromatic rings. The molecule has 0 fully saturated rings. The molecule has 0 atom stereocenters. The monoisotopic (exact) mass is 1040 g/mol. The zero-order chi connectivity index (χ0) is 50.8. The molecule has 0 amide bonds. The molecule has 0 bridgehead atoms. The van der Waals surface area contributed by atoms with Crippen molar-refractivity contribution >= 4 is 76.9 Å². The molecule has 5 heteroatoms. The average Bonchev–Trinajstić information content (AvgIpc) is 4.02. The molecule has 5 heterocycles. The topological polar surface area (TPSA) is 51.6 Å². The molecule has 0 N–H and O–H groups in total. The first kappa shape index (κ1) is 44.8. The molecule has 0 saturated heterocycles. The van der Waals surface area contributed by atoms with E-state index >= 15 is 0 Å². The molecule has 0 spiro atoms. The van der Waals surface area contributed by atoms with Crippen molar-refractivity contribution < 1.29 is 0 Å². The summed E-state index contributed by atoms with van der Waals surface area (Å²) in [5, 5.41) is 12.5. The van der Waals surface area contributed by atoms with Crippen LogP contribution in [0.2, 0.25) is 0 Å². The fraction of sp³-hybridized carbons (Fsp3) is 0. The van der Waals surface area contributed by atoms with Crippen LogP contribution >= 0.6 is 0 Å². The quantitative estimate of drug-likeness (QED) is 0.112. The molecule has 5 aromatic heterocycles. The first-order valence-electron chi connectivity index (χ1n) is 26.0. The van der Waals surface area contributed by atoms with Crippen LogP contribution in [-0.4, -0.2) is 34.4 Å². The van der Waals surface area contributed by atoms with Gasteiger partial charge in [0, 0.05) is 37.2 Å². The minimum atomic E-state index is 0.0661. The molecule has 4 nitrogen and oxygen atoms in total. The molecule has 0 aliphatic heterocycles. The average molecular weight is 1040 g/mol. The second-order valence-corrected chi connectivity index (χ2v) is 22.0. The van der Waals surface area contributed by atoms with E-state index < -0.39 is 0 Å². The number of hydrogen-bond donors (Lipinski definition) is 0. The van der Waals surface area contributed by atoms with Crippen molar-refractivity contribution in [1.29, 1.82) is 0 Å². The van der Waals surface area contributed by atoms with E-state index in [1.165, 1.54) is 95.8 Å². The maximum atomic E-state index is 4.52. The molecule has 0 aliphatic rings. The first-order chi connectivity index (χ1) is 38.2. The van der Waals surface area contributed by atoms with Crippen LogP contribution in [-0.2, 0) is 0 Å². The number of rotatable bonds is 8. The van der Waals surface area contributed by atoms with E-state index in [1.807, 2.05) is 73.8 Å². The van der Waals surface area contributed by atoms with Crippen LogP contribution in [0.15, 0.2) is 268 Å². The van der Waals surface area contributed by atoms with Gasteiger partial charge in [-0.05, 0) is 12.1 Å². The second kappa shape index (κ2) is 18.6. The Hall–Kier alpha value is -9.64. The van der Waals surface area contributed by atoms with Gasteiger partial charge in [0.25, 0.3) is 0 Å². The molecule has 0 radical (unpaired) electrons. The summed E-state index contributed by atoms with van der Waals surface area (Å²) in [4.78, 5) is 18.1. The molecular formula is C72H44N4Se. The Bertz CT molecular complexity index is 4550. The summed E-state index contributed by atoms with van der Waals surface area (Å²) >= 11 is 0.0661. The van der Waals surface area contributed by atoms with Gasteiger partial charge in [-0.25, -0.2) is 0 Å². The molecule has 77 heavy (non-hydrogen) atoms. The summed E-state index contributed by atoms with van der Waals surface area (Å²) in [5.74, 6) is 0. The van der Waals surface area contributed by atoms with Crippen molar-refractivity contribution in [2.75, 3.05) is 0 Å². The Morgan fingerprint density at radius 1 is 0.221 bits per heavy atom. The van der Waals surface area contributed by atoms with Gasteiger partial charge in [-0.1, -0.05) is 12.1 Å². The standard InChI is InChI=1S/C72H44N4Se/c1-3-20-58-56(18-1)68(57-19-2-4-21-59(57)69(58)54-36-50(46-14-10-30-73-41-46)34-51(37-54)47-15-11-31-74-42-47)45-28-29-67-66(40-45)64-26-9-27-65(72(64)77-67)71-62-24-7-5-22-60(62)70(61-23-6-8-25-63(61)71)55-38-52(48-16-12-32-75-43-48)35-53(39-55)49-17-13-33-76-44-49/h1-44H. The molecule has 0 aliphatic carbocycles. The van der Waals surface area contributed by atoms with Crippen LogP contribution in [0.25, 0.3) is 151 Å². The van der Waals surface area contributed by atoms with E-state index in [-0.39, 0.29) is 14.5 Å². The number of hydrogen-bond acceptors (Lipinski definition) is 4. The summed E-state index contributed by atoms with van der Waals surface area (Å²) in [6.07, 6.45) is 15.1. The van der Waals surface area contributed by atoms with E-state index in [0.717, 1.165) is 55.6 Å². The minimum Gasteiger partial charge on any atom is -0.0513 e. The van der Waals surface area contributed by atoms with Gasteiger partial charge in [0.2, 0.25) is 0 Å². The van der Waals surface area contributed by atoms with Crippen molar-refractivity contribution in [3.05, 3.63) is 268 Å². The van der Waals surface area contributed by atoms with E-state index in [2.05, 4.69) is 214 Å². The van der Waals surface area contributed by atoms with Crippen LogP contribution in [0.4, 0.5) is 0 Å². The maximum Gasteiger partial charge on any atom is -0.0513 e. The fourth-order valence-electron chi connectivity index (χ4n) is 12.0. The van der Waals surface area contributed by atoms with Gasteiger partial charge in [-0.15, -0.1) is 0 Å². The Morgan fingerprint density at radius 3 is 0.922 bits per heavy atom. The Kier molecular flexibility index (Phi) is 10.8. The molecule has 0 saturated carbocycles. The van der Waals surface area contributed by atoms with Crippen LogP contribution < -0.4 is 0 Å². The van der Waals surface area contributed by atoms with Crippen LogP contribution in [0.1, 0.15) is 0 Å². The predicted octanol–water partition coefficient (Wildman–Crippen LogP) is 18.6. The SMILES string of the molecule is c1cncc(-c2cc(-c3cccnc3)cc(-c3c4ccccc4c(-c4ccc5[se]c6c(-c7c8ccccc8c(-c8cc(-c9cccnc9)cc(-c9cccnc9)c8)c8ccccc78)cccc6c5c4)c4ccccc34)c2)c1.